The predicted octanol–water partition coefficient (Wildman–Crippen LogP) is -3.22. The average Bonchev–Trinajstić information content (AvgIpc) is 2.09. The summed E-state index contributed by atoms with van der Waals surface area (Å²) in [7, 11) is 0. The Morgan fingerprint density at radius 2 is 1.92 bits per heavy atom. The van der Waals surface area contributed by atoms with Gasteiger partial charge in [-0.05, 0) is 0 Å². The molecule has 1 saturated heterocycles. The molecule has 1 fully saturated rings. The standard InChI is InChI=1S/C6H12O6/c7-2-6(11)5(10)4(9)3(8)1-12-6/h3-5,7-11H,1-2H2. The Balaban J connectivity index is 2.71. The second-order valence-corrected chi connectivity index (χ2v) is 2.82. The van der Waals surface area contributed by atoms with Gasteiger partial charge in [0.2, 0.25) is 5.79 Å². The van der Waals surface area contributed by atoms with Crippen molar-refractivity contribution in [3.63, 3.8) is 0 Å². The number of aliphatic hydroxyl groups excluding tert-OH is 4. The summed E-state index contributed by atoms with van der Waals surface area (Å²) in [6, 6.07) is 0. The molecule has 72 valence electrons. The van der Waals surface area contributed by atoms with Crippen LogP contribution in [0.3, 0.4) is 0 Å². The fourth-order valence-electron chi connectivity index (χ4n) is 1.03. The van der Waals surface area contributed by atoms with Crippen molar-refractivity contribution in [2.75, 3.05) is 13.2 Å². The van der Waals surface area contributed by atoms with Crippen LogP contribution in [0.25, 0.3) is 0 Å². The summed E-state index contributed by atoms with van der Waals surface area (Å²) in [5.41, 5.74) is 0. The lowest BCUT2D eigenvalue weighted by molar-refractivity contribution is -0.331. The predicted molar refractivity (Wildman–Crippen MR) is 36.0 cm³/mol. The summed E-state index contributed by atoms with van der Waals surface area (Å²) in [5.74, 6) is -2.17. The van der Waals surface area contributed by atoms with Gasteiger partial charge < -0.3 is 30.3 Å². The average molecular weight is 180 g/mol. The van der Waals surface area contributed by atoms with E-state index in [9.17, 15) is 5.11 Å². The molecular formula is C6H12O6. The van der Waals surface area contributed by atoms with E-state index in [-0.39, 0.29) is 6.61 Å². The smallest absolute Gasteiger partial charge is 0.218 e. The lowest BCUT2D eigenvalue weighted by Gasteiger charge is -2.40. The van der Waals surface area contributed by atoms with Crippen molar-refractivity contribution in [2.45, 2.75) is 24.1 Å². The van der Waals surface area contributed by atoms with Crippen LogP contribution in [0.15, 0.2) is 0 Å². The summed E-state index contributed by atoms with van der Waals surface area (Å²) < 4.78 is 4.56. The van der Waals surface area contributed by atoms with Crippen LogP contribution < -0.4 is 0 Å². The van der Waals surface area contributed by atoms with Crippen molar-refractivity contribution in [1.29, 1.82) is 0 Å². The Labute approximate surface area is 68.6 Å². The minimum absolute atomic E-state index is 0.324. The third kappa shape index (κ3) is 1.45. The molecule has 4 atom stereocenters. The molecule has 6 heteroatoms. The van der Waals surface area contributed by atoms with Gasteiger partial charge in [-0.15, -0.1) is 0 Å². The van der Waals surface area contributed by atoms with Gasteiger partial charge in [-0.1, -0.05) is 0 Å². The molecular weight excluding hydrogens is 168 g/mol. The largest absolute Gasteiger partial charge is 0.391 e. The van der Waals surface area contributed by atoms with E-state index in [4.69, 9.17) is 20.4 Å². The molecule has 1 heterocycles. The highest BCUT2D eigenvalue weighted by Gasteiger charge is 2.47. The van der Waals surface area contributed by atoms with E-state index in [1.165, 1.54) is 0 Å². The normalized spacial score (nSPS) is 49.2. The van der Waals surface area contributed by atoms with Crippen molar-refractivity contribution >= 4 is 0 Å². The second-order valence-electron chi connectivity index (χ2n) is 2.82. The van der Waals surface area contributed by atoms with Crippen molar-refractivity contribution in [2.24, 2.45) is 0 Å². The molecule has 0 saturated carbocycles. The van der Waals surface area contributed by atoms with Crippen LogP contribution in [0.1, 0.15) is 0 Å². The summed E-state index contributed by atoms with van der Waals surface area (Å²) in [4.78, 5) is 0. The summed E-state index contributed by atoms with van der Waals surface area (Å²) in [5, 5.41) is 45.0. The fraction of sp³-hybridized carbons (Fsp3) is 1.00. The van der Waals surface area contributed by atoms with Gasteiger partial charge in [0.15, 0.2) is 0 Å². The van der Waals surface area contributed by atoms with Crippen molar-refractivity contribution < 1.29 is 30.3 Å². The summed E-state index contributed by atoms with van der Waals surface area (Å²) in [6.45, 7) is -1.16. The van der Waals surface area contributed by atoms with Crippen LogP contribution in [0.5, 0.6) is 0 Å². The first-order valence-corrected chi connectivity index (χ1v) is 3.52. The van der Waals surface area contributed by atoms with Crippen LogP contribution in [0, 0.1) is 0 Å². The SMILES string of the molecule is OCC1(O)OCC(O)C(O)C1O. The van der Waals surface area contributed by atoms with Gasteiger partial charge in [-0.25, -0.2) is 0 Å². The first-order valence-electron chi connectivity index (χ1n) is 3.52. The molecule has 0 bridgehead atoms. The maximum Gasteiger partial charge on any atom is 0.218 e. The first kappa shape index (κ1) is 9.85. The molecule has 4 unspecified atom stereocenters. The highest BCUT2D eigenvalue weighted by Crippen LogP contribution is 2.22. The maximum absolute atomic E-state index is 9.24. The maximum atomic E-state index is 9.24. The number of rotatable bonds is 1. The van der Waals surface area contributed by atoms with Gasteiger partial charge in [-0.3, -0.25) is 0 Å². The fourth-order valence-corrected chi connectivity index (χ4v) is 1.03. The third-order valence-corrected chi connectivity index (χ3v) is 1.91. The quantitative estimate of drug-likeness (QED) is 0.290. The van der Waals surface area contributed by atoms with Gasteiger partial charge in [0.05, 0.1) is 13.2 Å². The second kappa shape index (κ2) is 3.25. The molecule has 0 aliphatic carbocycles. The zero-order chi connectivity index (χ0) is 9.35. The molecule has 12 heavy (non-hydrogen) atoms. The Hall–Kier alpha value is -0.240. The van der Waals surface area contributed by atoms with Crippen molar-refractivity contribution in [1.82, 2.24) is 0 Å². The molecule has 1 aliphatic rings. The van der Waals surface area contributed by atoms with E-state index < -0.39 is 30.7 Å². The Morgan fingerprint density at radius 3 is 2.42 bits per heavy atom. The van der Waals surface area contributed by atoms with Gasteiger partial charge in [0, 0.05) is 0 Å². The highest BCUT2D eigenvalue weighted by atomic mass is 16.7. The Bertz CT molecular complexity index is 162. The number of ether oxygens (including phenoxy) is 1. The molecule has 1 aliphatic heterocycles. The lowest BCUT2D eigenvalue weighted by Crippen LogP contribution is -2.62. The molecule has 5 N–H and O–H groups in total. The van der Waals surface area contributed by atoms with E-state index in [1.807, 2.05) is 0 Å². The third-order valence-electron chi connectivity index (χ3n) is 1.91. The van der Waals surface area contributed by atoms with Gasteiger partial charge in [-0.2, -0.15) is 0 Å². The lowest BCUT2D eigenvalue weighted by atomic mass is 9.98. The minimum Gasteiger partial charge on any atom is -0.391 e. The van der Waals surface area contributed by atoms with Crippen LogP contribution in [-0.4, -0.2) is 62.8 Å². The van der Waals surface area contributed by atoms with E-state index >= 15 is 0 Å². The molecule has 0 amide bonds. The zero-order valence-electron chi connectivity index (χ0n) is 6.29. The summed E-state index contributed by atoms with van der Waals surface area (Å²) >= 11 is 0. The van der Waals surface area contributed by atoms with E-state index in [1.54, 1.807) is 0 Å². The van der Waals surface area contributed by atoms with Crippen LogP contribution in [-0.2, 0) is 4.74 Å². The van der Waals surface area contributed by atoms with E-state index in [0.717, 1.165) is 0 Å². The molecule has 0 aromatic rings. The van der Waals surface area contributed by atoms with Crippen LogP contribution in [0.2, 0.25) is 0 Å². The van der Waals surface area contributed by atoms with Crippen molar-refractivity contribution in [3.8, 4) is 0 Å². The van der Waals surface area contributed by atoms with E-state index in [2.05, 4.69) is 4.74 Å². The van der Waals surface area contributed by atoms with Gasteiger partial charge in [0.1, 0.15) is 18.3 Å². The Kier molecular flexibility index (Phi) is 2.67. The van der Waals surface area contributed by atoms with Crippen LogP contribution >= 0.6 is 0 Å². The zero-order valence-corrected chi connectivity index (χ0v) is 6.29. The van der Waals surface area contributed by atoms with Gasteiger partial charge in [0.25, 0.3) is 0 Å². The van der Waals surface area contributed by atoms with Crippen LogP contribution in [0.4, 0.5) is 0 Å². The van der Waals surface area contributed by atoms with Gasteiger partial charge >= 0.3 is 0 Å². The molecule has 6 nitrogen and oxygen atoms in total. The number of aliphatic hydroxyl groups is 5. The molecule has 0 spiro atoms. The topological polar surface area (TPSA) is 110 Å². The molecule has 1 rings (SSSR count). The minimum atomic E-state index is -2.17. The monoisotopic (exact) mass is 180 g/mol. The van der Waals surface area contributed by atoms with E-state index in [0.29, 0.717) is 0 Å². The molecule has 0 radical (unpaired) electrons. The first-order chi connectivity index (χ1) is 5.51. The highest BCUT2D eigenvalue weighted by molar-refractivity contribution is 4.90. The summed E-state index contributed by atoms with van der Waals surface area (Å²) in [6.07, 6.45) is -4.45. The van der Waals surface area contributed by atoms with Crippen molar-refractivity contribution in [3.05, 3.63) is 0 Å². The molecule has 0 aromatic carbocycles. The number of hydrogen-bond donors (Lipinski definition) is 5. The Morgan fingerprint density at radius 1 is 1.33 bits per heavy atom. The number of hydrogen-bond acceptors (Lipinski definition) is 6. The molecule has 0 aromatic heterocycles.